The molecule has 3 aromatic carbocycles. The second kappa shape index (κ2) is 7.84. The first kappa shape index (κ1) is 20.2. The molecule has 1 N–H and O–H groups in total. The predicted molar refractivity (Wildman–Crippen MR) is 123 cm³/mol. The Labute approximate surface area is 194 Å². The van der Waals surface area contributed by atoms with Crippen molar-refractivity contribution in [2.75, 3.05) is 12.4 Å². The monoisotopic (exact) mass is 454 g/mol. The van der Waals surface area contributed by atoms with Gasteiger partial charge in [-0.3, -0.25) is 0 Å². The van der Waals surface area contributed by atoms with E-state index in [-0.39, 0.29) is 11.9 Å². The van der Waals surface area contributed by atoms with Gasteiger partial charge in [0, 0.05) is 11.1 Å². The van der Waals surface area contributed by atoms with Gasteiger partial charge in [0.25, 0.3) is 0 Å². The summed E-state index contributed by atoms with van der Waals surface area (Å²) in [5, 5.41) is 7.88. The van der Waals surface area contributed by atoms with Gasteiger partial charge >= 0.3 is 5.97 Å². The summed E-state index contributed by atoms with van der Waals surface area (Å²) in [6.07, 6.45) is 1.00. The lowest BCUT2D eigenvalue weighted by Crippen LogP contribution is -2.32. The number of benzene rings is 3. The van der Waals surface area contributed by atoms with Crippen LogP contribution in [-0.2, 0) is 4.74 Å². The summed E-state index contributed by atoms with van der Waals surface area (Å²) in [7, 11) is 1.35. The van der Waals surface area contributed by atoms with Crippen molar-refractivity contribution in [3.05, 3.63) is 113 Å². The number of methoxy groups -OCH3 is 1. The zero-order valence-electron chi connectivity index (χ0n) is 18.1. The number of nitrogens with zero attached hydrogens (tertiary/aromatic N) is 3. The van der Waals surface area contributed by atoms with E-state index in [1.807, 2.05) is 36.4 Å². The smallest absolute Gasteiger partial charge is 0.337 e. The van der Waals surface area contributed by atoms with E-state index in [1.165, 1.54) is 25.6 Å². The number of fused-ring (bicyclic) bond motifs is 3. The average Bonchev–Trinajstić information content (AvgIpc) is 3.35. The lowest BCUT2D eigenvalue weighted by molar-refractivity contribution is 0.0600. The summed E-state index contributed by atoms with van der Waals surface area (Å²) in [5.74, 6) is 0.592. The summed E-state index contributed by atoms with van der Waals surface area (Å²) < 4.78 is 26.9. The maximum atomic E-state index is 13.8. The highest BCUT2D eigenvalue weighted by atomic mass is 19.1. The SMILES string of the molecule is COC(=O)c1ccc([C@H]2Oc3ccccc3C3=C2[C@@H](c2ccc(F)cc2)n2ncnc2N3)cc1. The van der Waals surface area contributed by atoms with Crippen LogP contribution in [0.4, 0.5) is 10.3 Å². The van der Waals surface area contributed by atoms with Gasteiger partial charge in [-0.15, -0.1) is 0 Å². The zero-order valence-corrected chi connectivity index (χ0v) is 18.1. The fourth-order valence-corrected chi connectivity index (χ4v) is 4.57. The standard InChI is InChI=1S/C26H19FN4O3/c1-33-25(32)17-8-6-16(7-9-17)24-21-22(19-4-2-3-5-20(19)34-24)30-26-28-14-29-31(26)23(21)15-10-12-18(27)13-11-15/h2-14,23-24H,1H3,(H,28,29,30)/t23-,24-/m1/s1. The van der Waals surface area contributed by atoms with Crippen LogP contribution in [-0.4, -0.2) is 27.8 Å². The maximum Gasteiger partial charge on any atom is 0.337 e. The molecule has 168 valence electrons. The topological polar surface area (TPSA) is 78.3 Å². The number of hydrogen-bond acceptors (Lipinski definition) is 6. The Balaban J connectivity index is 1.56. The van der Waals surface area contributed by atoms with Gasteiger partial charge in [-0.25, -0.2) is 13.9 Å². The molecule has 2 aliphatic rings. The van der Waals surface area contributed by atoms with E-state index >= 15 is 0 Å². The Bertz CT molecular complexity index is 1430. The number of para-hydroxylation sites is 1. The van der Waals surface area contributed by atoms with Gasteiger partial charge in [-0.1, -0.05) is 36.4 Å². The molecule has 0 unspecified atom stereocenters. The van der Waals surface area contributed by atoms with Crippen LogP contribution < -0.4 is 10.1 Å². The highest BCUT2D eigenvalue weighted by molar-refractivity contribution is 5.89. The molecule has 0 aliphatic carbocycles. The van der Waals surface area contributed by atoms with Crippen LogP contribution in [0.1, 0.15) is 39.2 Å². The van der Waals surface area contributed by atoms with Crippen LogP contribution in [0, 0.1) is 5.82 Å². The van der Waals surface area contributed by atoms with E-state index in [0.29, 0.717) is 11.5 Å². The van der Waals surface area contributed by atoms with E-state index in [1.54, 1.807) is 28.9 Å². The number of carbonyl (C=O) groups is 1. The molecule has 0 spiro atoms. The Hall–Kier alpha value is -4.46. The van der Waals surface area contributed by atoms with Crippen LogP contribution in [0.25, 0.3) is 5.70 Å². The van der Waals surface area contributed by atoms with E-state index in [2.05, 4.69) is 15.4 Å². The molecule has 0 saturated carbocycles. The van der Waals surface area contributed by atoms with Crippen molar-refractivity contribution in [3.8, 4) is 5.75 Å². The third-order valence-electron chi connectivity index (χ3n) is 6.14. The molecule has 0 saturated heterocycles. The maximum absolute atomic E-state index is 13.8. The van der Waals surface area contributed by atoms with Crippen LogP contribution in [0.2, 0.25) is 0 Å². The molecule has 0 fully saturated rings. The Morgan fingerprint density at radius 3 is 2.53 bits per heavy atom. The molecule has 0 bridgehead atoms. The third-order valence-corrected chi connectivity index (χ3v) is 6.14. The summed E-state index contributed by atoms with van der Waals surface area (Å²) in [5.41, 5.74) is 4.84. The number of hydrogen-bond donors (Lipinski definition) is 1. The highest BCUT2D eigenvalue weighted by Gasteiger charge is 2.40. The fraction of sp³-hybridized carbons (Fsp3) is 0.115. The van der Waals surface area contributed by atoms with Crippen molar-refractivity contribution >= 4 is 17.6 Å². The van der Waals surface area contributed by atoms with Crippen LogP contribution in [0.3, 0.4) is 0 Å². The lowest BCUT2D eigenvalue weighted by atomic mass is 9.84. The minimum absolute atomic E-state index is 0.314. The molecular weight excluding hydrogens is 435 g/mol. The van der Waals surface area contributed by atoms with Crippen molar-refractivity contribution in [2.45, 2.75) is 12.1 Å². The Morgan fingerprint density at radius 2 is 1.76 bits per heavy atom. The number of rotatable bonds is 3. The van der Waals surface area contributed by atoms with Crippen molar-refractivity contribution in [1.82, 2.24) is 14.8 Å². The summed E-state index contributed by atoms with van der Waals surface area (Å²) in [6.45, 7) is 0. The second-order valence-corrected chi connectivity index (χ2v) is 8.05. The molecule has 34 heavy (non-hydrogen) atoms. The molecule has 6 rings (SSSR count). The minimum atomic E-state index is -0.489. The summed E-state index contributed by atoms with van der Waals surface area (Å²) >= 11 is 0. The Morgan fingerprint density at radius 1 is 1.03 bits per heavy atom. The number of halogens is 1. The van der Waals surface area contributed by atoms with Gasteiger partial charge in [0.1, 0.15) is 30.0 Å². The molecule has 2 aliphatic heterocycles. The molecular formula is C26H19FN4O3. The number of aromatic nitrogens is 3. The molecule has 4 aromatic rings. The largest absolute Gasteiger partial charge is 0.480 e. The van der Waals surface area contributed by atoms with Crippen LogP contribution in [0.15, 0.2) is 84.7 Å². The minimum Gasteiger partial charge on any atom is -0.480 e. The fourth-order valence-electron chi connectivity index (χ4n) is 4.57. The molecule has 1 aromatic heterocycles. The summed E-state index contributed by atoms with van der Waals surface area (Å²) in [6, 6.07) is 20.9. The second-order valence-electron chi connectivity index (χ2n) is 8.05. The zero-order chi connectivity index (χ0) is 23.2. The molecule has 8 heteroatoms. The van der Waals surface area contributed by atoms with Crippen molar-refractivity contribution in [3.63, 3.8) is 0 Å². The van der Waals surface area contributed by atoms with Crippen molar-refractivity contribution < 1.29 is 18.7 Å². The first-order valence-electron chi connectivity index (χ1n) is 10.7. The quantitative estimate of drug-likeness (QED) is 0.450. The van der Waals surface area contributed by atoms with E-state index < -0.39 is 12.1 Å². The lowest BCUT2D eigenvalue weighted by Gasteiger charge is -2.39. The van der Waals surface area contributed by atoms with Gasteiger partial charge in [0.05, 0.1) is 18.4 Å². The van der Waals surface area contributed by atoms with Gasteiger partial charge in [0.2, 0.25) is 5.95 Å². The Kier molecular flexibility index (Phi) is 4.65. The molecule has 7 nitrogen and oxygen atoms in total. The molecule has 2 atom stereocenters. The van der Waals surface area contributed by atoms with Crippen molar-refractivity contribution in [1.29, 1.82) is 0 Å². The van der Waals surface area contributed by atoms with Crippen LogP contribution >= 0.6 is 0 Å². The van der Waals surface area contributed by atoms with E-state index in [9.17, 15) is 9.18 Å². The van der Waals surface area contributed by atoms with E-state index in [4.69, 9.17) is 9.47 Å². The van der Waals surface area contributed by atoms with Gasteiger partial charge in [0.15, 0.2) is 0 Å². The number of ether oxygens (including phenoxy) is 2. The highest BCUT2D eigenvalue weighted by Crippen LogP contribution is 2.50. The third kappa shape index (κ3) is 3.14. The van der Waals surface area contributed by atoms with E-state index in [0.717, 1.165) is 33.7 Å². The molecule has 0 radical (unpaired) electrons. The van der Waals surface area contributed by atoms with Gasteiger partial charge in [-0.05, 0) is 47.5 Å². The average molecular weight is 454 g/mol. The normalized spacial score (nSPS) is 18.2. The predicted octanol–water partition coefficient (Wildman–Crippen LogP) is 4.76. The number of esters is 1. The first-order valence-corrected chi connectivity index (χ1v) is 10.7. The number of carbonyl (C=O) groups excluding carboxylic acids is 1. The number of anilines is 1. The number of nitrogens with one attached hydrogen (secondary N) is 1. The van der Waals surface area contributed by atoms with Crippen molar-refractivity contribution in [2.24, 2.45) is 0 Å². The molecule has 0 amide bonds. The van der Waals surface area contributed by atoms with Gasteiger partial charge < -0.3 is 14.8 Å². The van der Waals surface area contributed by atoms with Gasteiger partial charge in [-0.2, -0.15) is 10.1 Å². The molecule has 3 heterocycles. The first-order chi connectivity index (χ1) is 16.6. The van der Waals surface area contributed by atoms with Crippen LogP contribution in [0.5, 0.6) is 5.75 Å². The summed E-state index contributed by atoms with van der Waals surface area (Å²) in [4.78, 5) is 16.3.